The van der Waals surface area contributed by atoms with Gasteiger partial charge in [0.05, 0.1) is 12.8 Å². The maximum atomic E-state index is 10.8. The first kappa shape index (κ1) is 8.54. The molecule has 6 nitrogen and oxygen atoms in total. The van der Waals surface area contributed by atoms with Crippen molar-refractivity contribution < 1.29 is 14.4 Å². The lowest BCUT2D eigenvalue weighted by Crippen LogP contribution is -2.30. The third-order valence-corrected chi connectivity index (χ3v) is 1.07. The second-order valence-corrected chi connectivity index (χ2v) is 1.98. The fourth-order valence-corrected chi connectivity index (χ4v) is 0.606. The molecule has 0 fully saturated rings. The molecule has 0 aliphatic carbocycles. The van der Waals surface area contributed by atoms with E-state index in [0.717, 1.165) is 0 Å². The quantitative estimate of drug-likeness (QED) is 0.587. The topological polar surface area (TPSA) is 87.4 Å². The van der Waals surface area contributed by atoms with E-state index in [4.69, 9.17) is 5.11 Å². The molecule has 0 aromatic carbocycles. The molecule has 0 spiro atoms. The van der Waals surface area contributed by atoms with Gasteiger partial charge in [0.2, 0.25) is 5.88 Å². The minimum absolute atomic E-state index is 0.0934. The van der Waals surface area contributed by atoms with Gasteiger partial charge < -0.3 is 14.9 Å². The van der Waals surface area contributed by atoms with E-state index in [1.54, 1.807) is 0 Å². The first-order chi connectivity index (χ1) is 5.83. The minimum Gasteiger partial charge on any atom is -0.395 e. The van der Waals surface area contributed by atoms with E-state index in [1.807, 2.05) is 0 Å². The molecular formula is C6H9N3O3. The molecule has 0 unspecified atom stereocenters. The van der Waals surface area contributed by atoms with Crippen molar-refractivity contribution in [3.05, 3.63) is 12.3 Å². The van der Waals surface area contributed by atoms with Gasteiger partial charge in [0.15, 0.2) is 0 Å². The van der Waals surface area contributed by atoms with E-state index in [-0.39, 0.29) is 19.0 Å². The van der Waals surface area contributed by atoms with Crippen molar-refractivity contribution in [1.82, 2.24) is 10.5 Å². The molecule has 0 radical (unpaired) electrons. The monoisotopic (exact) mass is 171 g/mol. The standard InChI is InChI=1S/C6H9N3O3/c10-4-3-7-6(11)9-5-1-2-8-12-5/h1-2,10H,3-4H2,(H2,7,9,11). The predicted octanol–water partition coefficient (Wildman–Crippen LogP) is -0.212. The number of anilines is 1. The molecule has 3 N–H and O–H groups in total. The number of urea groups is 1. The van der Waals surface area contributed by atoms with Gasteiger partial charge in [-0.15, -0.1) is 0 Å². The Kier molecular flexibility index (Phi) is 3.09. The molecule has 0 aliphatic rings. The normalized spacial score (nSPS) is 9.42. The summed E-state index contributed by atoms with van der Waals surface area (Å²) in [5.74, 6) is 0.269. The Morgan fingerprint density at radius 3 is 3.17 bits per heavy atom. The van der Waals surface area contributed by atoms with Crippen LogP contribution >= 0.6 is 0 Å². The number of hydrogen-bond donors (Lipinski definition) is 3. The van der Waals surface area contributed by atoms with Crippen LogP contribution in [0.3, 0.4) is 0 Å². The van der Waals surface area contributed by atoms with Crippen molar-refractivity contribution in [1.29, 1.82) is 0 Å². The fourth-order valence-electron chi connectivity index (χ4n) is 0.606. The number of hydrogen-bond acceptors (Lipinski definition) is 4. The summed E-state index contributed by atoms with van der Waals surface area (Å²) in [4.78, 5) is 10.8. The molecule has 2 amide bonds. The smallest absolute Gasteiger partial charge is 0.321 e. The van der Waals surface area contributed by atoms with Crippen LogP contribution in [-0.2, 0) is 0 Å². The number of rotatable bonds is 3. The van der Waals surface area contributed by atoms with Gasteiger partial charge in [0, 0.05) is 12.6 Å². The van der Waals surface area contributed by atoms with Crippen LogP contribution in [0.15, 0.2) is 16.8 Å². The number of carbonyl (C=O) groups is 1. The lowest BCUT2D eigenvalue weighted by atomic mass is 10.6. The van der Waals surface area contributed by atoms with Crippen molar-refractivity contribution in [2.24, 2.45) is 0 Å². The molecule has 1 rings (SSSR count). The molecule has 0 aliphatic heterocycles. The second-order valence-electron chi connectivity index (χ2n) is 1.98. The zero-order valence-electron chi connectivity index (χ0n) is 6.28. The Bertz CT molecular complexity index is 234. The van der Waals surface area contributed by atoms with Gasteiger partial charge in [-0.25, -0.2) is 4.79 Å². The third-order valence-electron chi connectivity index (χ3n) is 1.07. The van der Waals surface area contributed by atoms with E-state index in [2.05, 4.69) is 20.3 Å². The number of aliphatic hydroxyl groups excluding tert-OH is 1. The summed E-state index contributed by atoms with van der Waals surface area (Å²) < 4.78 is 4.60. The minimum atomic E-state index is -0.430. The highest BCUT2D eigenvalue weighted by molar-refractivity contribution is 5.87. The highest BCUT2D eigenvalue weighted by atomic mass is 16.5. The number of amides is 2. The zero-order chi connectivity index (χ0) is 8.81. The molecule has 0 saturated carbocycles. The van der Waals surface area contributed by atoms with Gasteiger partial charge in [0.25, 0.3) is 0 Å². The van der Waals surface area contributed by atoms with E-state index in [9.17, 15) is 4.79 Å². The summed E-state index contributed by atoms with van der Waals surface area (Å²) in [6, 6.07) is 1.08. The molecule has 0 atom stereocenters. The Hall–Kier alpha value is -1.56. The lowest BCUT2D eigenvalue weighted by Gasteiger charge is -2.01. The molecule has 6 heteroatoms. The Morgan fingerprint density at radius 2 is 2.58 bits per heavy atom. The summed E-state index contributed by atoms with van der Waals surface area (Å²) >= 11 is 0. The van der Waals surface area contributed by atoms with E-state index in [1.165, 1.54) is 12.3 Å². The Morgan fingerprint density at radius 1 is 1.75 bits per heavy atom. The number of nitrogens with zero attached hydrogens (tertiary/aromatic N) is 1. The summed E-state index contributed by atoms with van der Waals surface area (Å²) in [5.41, 5.74) is 0. The van der Waals surface area contributed by atoms with Gasteiger partial charge in [-0.3, -0.25) is 5.32 Å². The van der Waals surface area contributed by atoms with Crippen molar-refractivity contribution in [2.75, 3.05) is 18.5 Å². The number of aliphatic hydroxyl groups is 1. The van der Waals surface area contributed by atoms with Crippen molar-refractivity contribution in [3.8, 4) is 0 Å². The van der Waals surface area contributed by atoms with E-state index in [0.29, 0.717) is 0 Å². The van der Waals surface area contributed by atoms with Crippen LogP contribution in [0, 0.1) is 0 Å². The van der Waals surface area contributed by atoms with Crippen molar-refractivity contribution >= 4 is 11.9 Å². The van der Waals surface area contributed by atoms with Crippen LogP contribution in [-0.4, -0.2) is 29.4 Å². The molecular weight excluding hydrogens is 162 g/mol. The van der Waals surface area contributed by atoms with Gasteiger partial charge in [0.1, 0.15) is 0 Å². The Labute approximate surface area is 68.5 Å². The molecule has 12 heavy (non-hydrogen) atoms. The molecule has 1 aromatic rings. The number of aromatic nitrogens is 1. The summed E-state index contributed by atoms with van der Waals surface area (Å²) in [7, 11) is 0. The van der Waals surface area contributed by atoms with E-state index < -0.39 is 6.03 Å². The first-order valence-corrected chi connectivity index (χ1v) is 3.39. The highest BCUT2D eigenvalue weighted by Gasteiger charge is 2.01. The molecule has 1 aromatic heterocycles. The van der Waals surface area contributed by atoms with Crippen LogP contribution in [0.4, 0.5) is 10.7 Å². The van der Waals surface area contributed by atoms with E-state index >= 15 is 0 Å². The summed E-state index contributed by atoms with van der Waals surface area (Å²) in [6.45, 7) is 0.115. The molecule has 0 bridgehead atoms. The van der Waals surface area contributed by atoms with Crippen molar-refractivity contribution in [2.45, 2.75) is 0 Å². The molecule has 1 heterocycles. The summed E-state index contributed by atoms with van der Waals surface area (Å²) in [5, 5.41) is 16.5. The third kappa shape index (κ3) is 2.59. The largest absolute Gasteiger partial charge is 0.395 e. The van der Waals surface area contributed by atoms with Crippen molar-refractivity contribution in [3.63, 3.8) is 0 Å². The van der Waals surface area contributed by atoms with Crippen LogP contribution in [0.25, 0.3) is 0 Å². The fraction of sp³-hybridized carbons (Fsp3) is 0.333. The predicted molar refractivity (Wildman–Crippen MR) is 40.6 cm³/mol. The van der Waals surface area contributed by atoms with Crippen LogP contribution in [0.5, 0.6) is 0 Å². The van der Waals surface area contributed by atoms with Crippen LogP contribution in [0.1, 0.15) is 0 Å². The van der Waals surface area contributed by atoms with Gasteiger partial charge in [-0.1, -0.05) is 5.16 Å². The molecule has 66 valence electrons. The zero-order valence-corrected chi connectivity index (χ0v) is 6.28. The number of carbonyl (C=O) groups excluding carboxylic acids is 1. The maximum Gasteiger partial charge on any atom is 0.321 e. The van der Waals surface area contributed by atoms with Crippen LogP contribution < -0.4 is 10.6 Å². The van der Waals surface area contributed by atoms with Crippen LogP contribution in [0.2, 0.25) is 0 Å². The average Bonchev–Trinajstić information content (AvgIpc) is 2.53. The van der Waals surface area contributed by atoms with Gasteiger partial charge in [-0.05, 0) is 0 Å². The summed E-state index contributed by atoms with van der Waals surface area (Å²) in [6.07, 6.45) is 1.42. The average molecular weight is 171 g/mol. The Balaban J connectivity index is 2.27. The molecule has 0 saturated heterocycles. The first-order valence-electron chi connectivity index (χ1n) is 3.39. The highest BCUT2D eigenvalue weighted by Crippen LogP contribution is 2.01. The second kappa shape index (κ2) is 4.35. The maximum absolute atomic E-state index is 10.8. The van der Waals surface area contributed by atoms with Gasteiger partial charge in [-0.2, -0.15) is 0 Å². The lowest BCUT2D eigenvalue weighted by molar-refractivity contribution is 0.244. The SMILES string of the molecule is O=C(NCCO)Nc1ccno1. The number of nitrogens with one attached hydrogen (secondary N) is 2. The van der Waals surface area contributed by atoms with Gasteiger partial charge >= 0.3 is 6.03 Å².